The molecule has 0 fully saturated rings. The molecule has 6 heteroatoms. The van der Waals surface area contributed by atoms with Gasteiger partial charge in [0.15, 0.2) is 5.65 Å². The highest BCUT2D eigenvalue weighted by Crippen LogP contribution is 2.29. The van der Waals surface area contributed by atoms with Crippen molar-refractivity contribution in [3.05, 3.63) is 47.4 Å². The summed E-state index contributed by atoms with van der Waals surface area (Å²) in [6, 6.07) is 1.92. The Balaban J connectivity index is 1.67. The Hall–Kier alpha value is -2.63. The van der Waals surface area contributed by atoms with Crippen LogP contribution in [0.1, 0.15) is 37.7 Å². The van der Waals surface area contributed by atoms with Crippen LogP contribution in [0.15, 0.2) is 30.5 Å². The standard InChI is InChI=1S/C19H22N4O2/c1-19(2,3)25-18(24)22-11-8-14-15(9-12-22)21-16-7-10-20-23(16)17(14)13-5-4-6-13/h4-7,10H,8-9,11-12H2,1-3H3. The van der Waals surface area contributed by atoms with Crippen LogP contribution in [0, 0.1) is 0 Å². The highest BCUT2D eigenvalue weighted by Gasteiger charge is 2.27. The molecule has 1 aliphatic carbocycles. The lowest BCUT2D eigenvalue weighted by Crippen LogP contribution is -2.38. The summed E-state index contributed by atoms with van der Waals surface area (Å²) in [4.78, 5) is 19.0. The SMILES string of the molecule is CC(C)(C)OC(=O)N1CCc2nc3ccnn3c(C3=CC=C3)c2CC1. The molecular formula is C19H22N4O2. The second kappa shape index (κ2) is 5.72. The first-order valence-electron chi connectivity index (χ1n) is 8.64. The zero-order chi connectivity index (χ0) is 17.6. The van der Waals surface area contributed by atoms with Crippen molar-refractivity contribution in [2.24, 2.45) is 0 Å². The lowest BCUT2D eigenvalue weighted by atomic mass is 9.96. The van der Waals surface area contributed by atoms with Gasteiger partial charge < -0.3 is 9.64 Å². The fourth-order valence-electron chi connectivity index (χ4n) is 3.25. The van der Waals surface area contributed by atoms with E-state index in [-0.39, 0.29) is 6.09 Å². The van der Waals surface area contributed by atoms with Gasteiger partial charge in [0.05, 0.1) is 17.6 Å². The highest BCUT2D eigenvalue weighted by atomic mass is 16.6. The van der Waals surface area contributed by atoms with Gasteiger partial charge in [-0.3, -0.25) is 0 Å². The van der Waals surface area contributed by atoms with Crippen LogP contribution in [0.5, 0.6) is 0 Å². The maximum Gasteiger partial charge on any atom is 0.410 e. The van der Waals surface area contributed by atoms with Gasteiger partial charge in [-0.15, -0.1) is 0 Å². The largest absolute Gasteiger partial charge is 0.444 e. The minimum Gasteiger partial charge on any atom is -0.444 e. The molecule has 0 saturated heterocycles. The van der Waals surface area contributed by atoms with Crippen LogP contribution in [0.25, 0.3) is 11.2 Å². The van der Waals surface area contributed by atoms with Crippen LogP contribution in [0.4, 0.5) is 4.79 Å². The first-order chi connectivity index (χ1) is 11.9. The molecule has 0 unspecified atom stereocenters. The van der Waals surface area contributed by atoms with E-state index in [1.54, 1.807) is 11.1 Å². The van der Waals surface area contributed by atoms with Crippen molar-refractivity contribution in [3.63, 3.8) is 0 Å². The van der Waals surface area contributed by atoms with E-state index in [0.717, 1.165) is 35.4 Å². The molecule has 0 atom stereocenters. The van der Waals surface area contributed by atoms with Gasteiger partial charge >= 0.3 is 6.09 Å². The number of fused-ring (bicyclic) bond motifs is 2. The van der Waals surface area contributed by atoms with E-state index in [1.165, 1.54) is 5.56 Å². The summed E-state index contributed by atoms with van der Waals surface area (Å²) >= 11 is 0. The zero-order valence-corrected chi connectivity index (χ0v) is 14.8. The topological polar surface area (TPSA) is 59.7 Å². The van der Waals surface area contributed by atoms with Crippen molar-refractivity contribution in [1.29, 1.82) is 0 Å². The predicted molar refractivity (Wildman–Crippen MR) is 95.3 cm³/mol. The number of ether oxygens (including phenoxy) is 1. The molecule has 0 bridgehead atoms. The zero-order valence-electron chi connectivity index (χ0n) is 14.8. The maximum atomic E-state index is 12.4. The van der Waals surface area contributed by atoms with E-state index in [2.05, 4.69) is 17.3 Å². The third-order valence-corrected chi connectivity index (χ3v) is 4.45. The monoisotopic (exact) mass is 338 g/mol. The van der Waals surface area contributed by atoms with Crippen LogP contribution in [-0.2, 0) is 17.6 Å². The molecule has 2 aromatic rings. The minimum atomic E-state index is -0.484. The van der Waals surface area contributed by atoms with Crippen molar-refractivity contribution >= 4 is 17.3 Å². The van der Waals surface area contributed by atoms with Gasteiger partial charge in [0, 0.05) is 36.7 Å². The number of aromatic nitrogens is 3. The normalized spacial score (nSPS) is 16.9. The molecule has 0 saturated carbocycles. The summed E-state index contributed by atoms with van der Waals surface area (Å²) in [6.45, 7) is 6.92. The first kappa shape index (κ1) is 15.9. The van der Waals surface area contributed by atoms with Gasteiger partial charge in [-0.05, 0) is 27.2 Å². The van der Waals surface area contributed by atoms with E-state index < -0.39 is 5.60 Å². The summed E-state index contributed by atoms with van der Waals surface area (Å²) in [5.41, 5.74) is 4.85. The molecule has 0 aromatic carbocycles. The molecule has 130 valence electrons. The third-order valence-electron chi connectivity index (χ3n) is 4.45. The van der Waals surface area contributed by atoms with Gasteiger partial charge in [0.1, 0.15) is 5.60 Å². The number of allylic oxidation sites excluding steroid dienone is 4. The van der Waals surface area contributed by atoms with Gasteiger partial charge in [0.2, 0.25) is 0 Å². The molecule has 25 heavy (non-hydrogen) atoms. The van der Waals surface area contributed by atoms with Crippen molar-refractivity contribution in [1.82, 2.24) is 19.5 Å². The van der Waals surface area contributed by atoms with Crippen LogP contribution in [0.2, 0.25) is 0 Å². The molecular weight excluding hydrogens is 316 g/mol. The van der Waals surface area contributed by atoms with Crippen LogP contribution >= 0.6 is 0 Å². The van der Waals surface area contributed by atoms with E-state index in [9.17, 15) is 4.79 Å². The molecule has 6 nitrogen and oxygen atoms in total. The molecule has 0 spiro atoms. The number of carbonyl (C=O) groups is 1. The van der Waals surface area contributed by atoms with Crippen LogP contribution in [-0.4, -0.2) is 44.3 Å². The molecule has 3 heterocycles. The van der Waals surface area contributed by atoms with E-state index >= 15 is 0 Å². The quantitative estimate of drug-likeness (QED) is 0.802. The second-order valence-electron chi connectivity index (χ2n) is 7.44. The molecule has 2 aliphatic rings. The summed E-state index contributed by atoms with van der Waals surface area (Å²) in [5.74, 6) is 0. The van der Waals surface area contributed by atoms with E-state index in [1.807, 2.05) is 37.4 Å². The smallest absolute Gasteiger partial charge is 0.410 e. The third kappa shape index (κ3) is 2.92. The van der Waals surface area contributed by atoms with Crippen molar-refractivity contribution in [3.8, 4) is 0 Å². The van der Waals surface area contributed by atoms with Crippen molar-refractivity contribution < 1.29 is 9.53 Å². The number of hydrogen-bond acceptors (Lipinski definition) is 4. The molecule has 2 aromatic heterocycles. The van der Waals surface area contributed by atoms with Gasteiger partial charge in [-0.1, -0.05) is 18.2 Å². The van der Waals surface area contributed by atoms with Crippen LogP contribution < -0.4 is 0 Å². The van der Waals surface area contributed by atoms with Crippen molar-refractivity contribution in [2.45, 2.75) is 39.2 Å². The molecule has 1 aliphatic heterocycles. The number of amides is 1. The summed E-state index contributed by atoms with van der Waals surface area (Å²) in [7, 11) is 0. The fraction of sp³-hybridized carbons (Fsp3) is 0.421. The van der Waals surface area contributed by atoms with Crippen molar-refractivity contribution in [2.75, 3.05) is 13.1 Å². The van der Waals surface area contributed by atoms with Gasteiger partial charge in [-0.2, -0.15) is 5.10 Å². The van der Waals surface area contributed by atoms with E-state index in [0.29, 0.717) is 13.1 Å². The second-order valence-corrected chi connectivity index (χ2v) is 7.44. The maximum absolute atomic E-state index is 12.4. The molecule has 0 radical (unpaired) electrons. The Kier molecular flexibility index (Phi) is 3.63. The number of nitrogens with zero attached hydrogens (tertiary/aromatic N) is 4. The van der Waals surface area contributed by atoms with Crippen LogP contribution in [0.3, 0.4) is 0 Å². The molecule has 4 rings (SSSR count). The first-order valence-corrected chi connectivity index (χ1v) is 8.64. The highest BCUT2D eigenvalue weighted by molar-refractivity contribution is 5.82. The van der Waals surface area contributed by atoms with Gasteiger partial charge in [-0.25, -0.2) is 14.3 Å². The average Bonchev–Trinajstić information content (AvgIpc) is 2.82. The Morgan fingerprint density at radius 1 is 1.24 bits per heavy atom. The fourth-order valence-corrected chi connectivity index (χ4v) is 3.25. The number of carbonyl (C=O) groups excluding carboxylic acids is 1. The number of hydrogen-bond donors (Lipinski definition) is 0. The summed E-state index contributed by atoms with van der Waals surface area (Å²) in [5, 5.41) is 4.44. The lowest BCUT2D eigenvalue weighted by molar-refractivity contribution is 0.0258. The Bertz CT molecular complexity index is 902. The Morgan fingerprint density at radius 3 is 2.68 bits per heavy atom. The number of rotatable bonds is 1. The Labute approximate surface area is 146 Å². The summed E-state index contributed by atoms with van der Waals surface area (Å²) in [6.07, 6.45) is 9.20. The Morgan fingerprint density at radius 2 is 2.00 bits per heavy atom. The summed E-state index contributed by atoms with van der Waals surface area (Å²) < 4.78 is 7.43. The average molecular weight is 338 g/mol. The van der Waals surface area contributed by atoms with Gasteiger partial charge in [0.25, 0.3) is 0 Å². The molecule has 1 amide bonds. The predicted octanol–water partition coefficient (Wildman–Crippen LogP) is 3.02. The minimum absolute atomic E-state index is 0.255. The lowest BCUT2D eigenvalue weighted by Gasteiger charge is -2.26. The molecule has 0 N–H and O–H groups in total. The van der Waals surface area contributed by atoms with E-state index in [4.69, 9.17) is 9.72 Å².